The highest BCUT2D eigenvalue weighted by atomic mass is 79.9. The average molecular weight is 377 g/mol. The maximum absolute atomic E-state index is 12.5. The van der Waals surface area contributed by atoms with Gasteiger partial charge >= 0.3 is 0 Å². The van der Waals surface area contributed by atoms with E-state index in [1.165, 1.54) is 0 Å². The fourth-order valence-corrected chi connectivity index (χ4v) is 4.55. The highest BCUT2D eigenvalue weighted by Crippen LogP contribution is 2.24. The Hall–Kier alpha value is -0.470. The quantitative estimate of drug-likeness (QED) is 0.794. The number of hydrogen-bond acceptors (Lipinski definition) is 4. The van der Waals surface area contributed by atoms with Crippen LogP contribution in [0.25, 0.3) is 0 Å². The minimum absolute atomic E-state index is 0.304. The lowest BCUT2D eigenvalue weighted by Crippen LogP contribution is -2.52. The van der Waals surface area contributed by atoms with Crippen molar-refractivity contribution in [2.75, 3.05) is 26.8 Å². The number of hydrogen-bond donors (Lipinski definition) is 2. The number of benzene rings is 1. The van der Waals surface area contributed by atoms with Crippen LogP contribution in [0.5, 0.6) is 0 Å². The predicted octanol–water partition coefficient (Wildman–Crippen LogP) is 1.80. The third kappa shape index (κ3) is 3.84. The Bertz CT molecular complexity index is 598. The van der Waals surface area contributed by atoms with E-state index in [4.69, 9.17) is 4.74 Å². The lowest BCUT2D eigenvalue weighted by Gasteiger charge is -2.29. The van der Waals surface area contributed by atoms with E-state index < -0.39 is 10.0 Å². The van der Waals surface area contributed by atoms with Crippen molar-refractivity contribution in [3.05, 3.63) is 28.2 Å². The summed E-state index contributed by atoms with van der Waals surface area (Å²) in [6.07, 6.45) is 1.93. The zero-order valence-electron chi connectivity index (χ0n) is 12.3. The molecule has 1 aliphatic rings. The minimum Gasteiger partial charge on any atom is -0.383 e. The maximum Gasteiger partial charge on any atom is 0.240 e. The van der Waals surface area contributed by atoms with Crippen molar-refractivity contribution in [3.8, 4) is 0 Å². The Morgan fingerprint density at radius 2 is 2.24 bits per heavy atom. The Morgan fingerprint density at radius 1 is 1.48 bits per heavy atom. The van der Waals surface area contributed by atoms with Crippen molar-refractivity contribution in [1.29, 1.82) is 0 Å². The van der Waals surface area contributed by atoms with Gasteiger partial charge in [0.2, 0.25) is 10.0 Å². The molecule has 2 rings (SSSR count). The Morgan fingerprint density at radius 3 is 2.86 bits per heavy atom. The second-order valence-electron chi connectivity index (χ2n) is 5.43. The van der Waals surface area contributed by atoms with Gasteiger partial charge in [0.15, 0.2) is 0 Å². The van der Waals surface area contributed by atoms with Gasteiger partial charge in [-0.2, -0.15) is 0 Å². The van der Waals surface area contributed by atoms with Crippen molar-refractivity contribution in [3.63, 3.8) is 0 Å². The van der Waals surface area contributed by atoms with E-state index in [1.807, 2.05) is 6.07 Å². The molecule has 1 aliphatic heterocycles. The van der Waals surface area contributed by atoms with Gasteiger partial charge in [0, 0.05) is 18.1 Å². The molecule has 0 aromatic heterocycles. The van der Waals surface area contributed by atoms with Crippen LogP contribution in [-0.2, 0) is 14.8 Å². The number of halogens is 1. The zero-order chi connectivity index (χ0) is 15.5. The van der Waals surface area contributed by atoms with Crippen molar-refractivity contribution >= 4 is 26.0 Å². The summed E-state index contributed by atoms with van der Waals surface area (Å²) in [4.78, 5) is 0.308. The third-order valence-electron chi connectivity index (χ3n) is 3.86. The van der Waals surface area contributed by atoms with E-state index in [1.54, 1.807) is 26.2 Å². The molecule has 0 aliphatic carbocycles. The first-order valence-electron chi connectivity index (χ1n) is 6.89. The van der Waals surface area contributed by atoms with Gasteiger partial charge in [-0.05, 0) is 44.0 Å². The zero-order valence-corrected chi connectivity index (χ0v) is 14.7. The number of sulfonamides is 1. The Labute approximate surface area is 134 Å². The molecule has 1 atom stereocenters. The number of ether oxygens (including phenoxy) is 1. The molecule has 2 N–H and O–H groups in total. The largest absolute Gasteiger partial charge is 0.383 e. The molecule has 7 heteroatoms. The third-order valence-corrected chi connectivity index (χ3v) is 6.27. The summed E-state index contributed by atoms with van der Waals surface area (Å²) >= 11 is 3.37. The van der Waals surface area contributed by atoms with Crippen LogP contribution in [0.3, 0.4) is 0 Å². The van der Waals surface area contributed by atoms with Crippen LogP contribution in [0.2, 0.25) is 0 Å². The van der Waals surface area contributed by atoms with Gasteiger partial charge in [0.25, 0.3) is 0 Å². The molecule has 0 radical (unpaired) electrons. The minimum atomic E-state index is -3.53. The Balaban J connectivity index is 2.16. The van der Waals surface area contributed by atoms with Crippen molar-refractivity contribution in [1.82, 2.24) is 10.0 Å². The molecule has 1 fully saturated rings. The SMILES string of the molecule is COCC1(CNS(=O)(=O)c2cccc(Br)c2C)CCCN1. The lowest BCUT2D eigenvalue weighted by molar-refractivity contribution is 0.122. The first-order valence-corrected chi connectivity index (χ1v) is 9.17. The second-order valence-corrected chi connectivity index (χ2v) is 8.02. The maximum atomic E-state index is 12.5. The van der Waals surface area contributed by atoms with Crippen LogP contribution in [0, 0.1) is 6.92 Å². The van der Waals surface area contributed by atoms with Crippen LogP contribution in [-0.4, -0.2) is 40.8 Å². The topological polar surface area (TPSA) is 67.4 Å². The van der Waals surface area contributed by atoms with Crippen LogP contribution in [0.15, 0.2) is 27.6 Å². The first-order chi connectivity index (χ1) is 9.90. The van der Waals surface area contributed by atoms with E-state index in [9.17, 15) is 8.42 Å². The van der Waals surface area contributed by atoms with E-state index in [0.29, 0.717) is 23.6 Å². The molecule has 118 valence electrons. The molecule has 1 saturated heterocycles. The lowest BCUT2D eigenvalue weighted by atomic mass is 9.99. The van der Waals surface area contributed by atoms with Gasteiger partial charge in [0.05, 0.1) is 17.0 Å². The smallest absolute Gasteiger partial charge is 0.240 e. The molecule has 0 spiro atoms. The molecular formula is C14H21BrN2O3S. The van der Waals surface area contributed by atoms with Gasteiger partial charge < -0.3 is 10.1 Å². The normalized spacial score (nSPS) is 22.6. The summed E-state index contributed by atoms with van der Waals surface area (Å²) in [7, 11) is -1.90. The molecule has 21 heavy (non-hydrogen) atoms. The van der Waals surface area contributed by atoms with Crippen LogP contribution < -0.4 is 10.0 Å². The van der Waals surface area contributed by atoms with E-state index in [-0.39, 0.29) is 5.54 Å². The number of nitrogens with one attached hydrogen (secondary N) is 2. The molecule has 1 unspecified atom stereocenters. The molecular weight excluding hydrogens is 356 g/mol. The highest BCUT2D eigenvalue weighted by Gasteiger charge is 2.35. The molecule has 1 heterocycles. The van der Waals surface area contributed by atoms with Crippen molar-refractivity contribution in [2.45, 2.75) is 30.2 Å². The van der Waals surface area contributed by atoms with E-state index >= 15 is 0 Å². The molecule has 5 nitrogen and oxygen atoms in total. The Kier molecular flexibility index (Phi) is 5.43. The fourth-order valence-electron chi connectivity index (χ4n) is 2.66. The molecule has 1 aromatic carbocycles. The van der Waals surface area contributed by atoms with E-state index in [2.05, 4.69) is 26.0 Å². The summed E-state index contributed by atoms with van der Waals surface area (Å²) in [5.74, 6) is 0. The monoisotopic (exact) mass is 376 g/mol. The molecule has 0 amide bonds. The molecule has 0 bridgehead atoms. The van der Waals surface area contributed by atoms with Crippen molar-refractivity contribution in [2.24, 2.45) is 0 Å². The van der Waals surface area contributed by atoms with Gasteiger partial charge in [-0.25, -0.2) is 13.1 Å². The summed E-state index contributed by atoms with van der Waals surface area (Å²) in [5.41, 5.74) is 0.409. The standard InChI is InChI=1S/C14H21BrN2O3S/c1-11-12(15)5-3-6-13(11)21(18,19)17-9-14(10-20-2)7-4-8-16-14/h3,5-6,16-17H,4,7-10H2,1-2H3. The summed E-state index contributed by atoms with van der Waals surface area (Å²) in [5, 5.41) is 3.36. The summed E-state index contributed by atoms with van der Waals surface area (Å²) < 4.78 is 33.8. The predicted molar refractivity (Wildman–Crippen MR) is 85.9 cm³/mol. The average Bonchev–Trinajstić information content (AvgIpc) is 2.89. The van der Waals surface area contributed by atoms with Crippen LogP contribution in [0.1, 0.15) is 18.4 Å². The van der Waals surface area contributed by atoms with Crippen LogP contribution >= 0.6 is 15.9 Å². The van der Waals surface area contributed by atoms with Gasteiger partial charge in [-0.1, -0.05) is 22.0 Å². The summed E-state index contributed by atoms with van der Waals surface area (Å²) in [6, 6.07) is 5.18. The second kappa shape index (κ2) is 6.75. The molecule has 1 aromatic rings. The highest BCUT2D eigenvalue weighted by molar-refractivity contribution is 9.10. The van der Waals surface area contributed by atoms with Crippen molar-refractivity contribution < 1.29 is 13.2 Å². The number of rotatable bonds is 6. The van der Waals surface area contributed by atoms with Gasteiger partial charge in [0.1, 0.15) is 0 Å². The molecule has 0 saturated carbocycles. The fraction of sp³-hybridized carbons (Fsp3) is 0.571. The van der Waals surface area contributed by atoms with Gasteiger partial charge in [-0.3, -0.25) is 0 Å². The van der Waals surface area contributed by atoms with Gasteiger partial charge in [-0.15, -0.1) is 0 Å². The number of methoxy groups -OCH3 is 1. The summed E-state index contributed by atoms with van der Waals surface area (Å²) in [6.45, 7) is 3.50. The first kappa shape index (κ1) is 16.9. The van der Waals surface area contributed by atoms with E-state index in [0.717, 1.165) is 23.9 Å². The van der Waals surface area contributed by atoms with Crippen LogP contribution in [0.4, 0.5) is 0 Å².